The van der Waals surface area contributed by atoms with Crippen LogP contribution in [0.15, 0.2) is 18.2 Å². The van der Waals surface area contributed by atoms with Crippen molar-refractivity contribution >= 4 is 34.2 Å². The molecule has 1 atom stereocenters. The molecule has 1 aromatic carbocycles. The molecule has 1 amide bonds. The van der Waals surface area contributed by atoms with Crippen LogP contribution in [0.5, 0.6) is 0 Å². The first-order valence-electron chi connectivity index (χ1n) is 6.49. The Kier molecular flexibility index (Phi) is 5.80. The largest absolute Gasteiger partial charge is 0.327 e. The molecule has 0 saturated carbocycles. The van der Waals surface area contributed by atoms with Gasteiger partial charge in [-0.15, -0.1) is 0 Å². The van der Waals surface area contributed by atoms with Crippen molar-refractivity contribution < 1.29 is 4.79 Å². The Morgan fingerprint density at radius 1 is 1.42 bits per heavy atom. The van der Waals surface area contributed by atoms with Gasteiger partial charge in [0.2, 0.25) is 5.91 Å². The molecule has 0 saturated heterocycles. The van der Waals surface area contributed by atoms with Gasteiger partial charge in [-0.25, -0.2) is 0 Å². The number of nitrogens with one attached hydrogen (secondary N) is 1. The Hall–Kier alpha value is -0.620. The quantitative estimate of drug-likeness (QED) is 0.790. The van der Waals surface area contributed by atoms with Crippen LogP contribution in [-0.2, 0) is 4.79 Å². The zero-order chi connectivity index (χ0) is 14.6. The van der Waals surface area contributed by atoms with Crippen LogP contribution >= 0.6 is 22.6 Å². The highest BCUT2D eigenvalue weighted by atomic mass is 127. The lowest BCUT2D eigenvalue weighted by Gasteiger charge is -2.22. The van der Waals surface area contributed by atoms with Gasteiger partial charge >= 0.3 is 0 Å². The smallest absolute Gasteiger partial charge is 0.225 e. The highest BCUT2D eigenvalue weighted by Gasteiger charge is 2.18. The Morgan fingerprint density at radius 3 is 2.58 bits per heavy atom. The van der Waals surface area contributed by atoms with Crippen molar-refractivity contribution in [1.82, 2.24) is 0 Å². The molecular formula is C15H23IN2O. The SMILES string of the molecule is Cc1cc(I)ccc1NC(=O)CC(N)CC(C)(C)C. The van der Waals surface area contributed by atoms with Crippen molar-refractivity contribution in [3.8, 4) is 0 Å². The molecule has 106 valence electrons. The summed E-state index contributed by atoms with van der Waals surface area (Å²) in [5.74, 6) is -0.0129. The third-order valence-electron chi connectivity index (χ3n) is 2.78. The molecule has 0 heterocycles. The zero-order valence-electron chi connectivity index (χ0n) is 12.1. The van der Waals surface area contributed by atoms with Gasteiger partial charge in [-0.05, 0) is 65.1 Å². The second-order valence-corrected chi connectivity index (χ2v) is 7.48. The number of aryl methyl sites for hydroxylation is 1. The van der Waals surface area contributed by atoms with Crippen LogP contribution in [0.4, 0.5) is 5.69 Å². The number of hydrogen-bond acceptors (Lipinski definition) is 2. The Morgan fingerprint density at radius 2 is 2.05 bits per heavy atom. The summed E-state index contributed by atoms with van der Waals surface area (Å²) < 4.78 is 1.16. The van der Waals surface area contributed by atoms with Gasteiger partial charge in [0.1, 0.15) is 0 Å². The fourth-order valence-corrected chi connectivity index (χ4v) is 2.71. The molecule has 0 fully saturated rings. The van der Waals surface area contributed by atoms with Crippen LogP contribution in [0, 0.1) is 15.9 Å². The van der Waals surface area contributed by atoms with Gasteiger partial charge in [-0.2, -0.15) is 0 Å². The van der Waals surface area contributed by atoms with Crippen LogP contribution in [0.25, 0.3) is 0 Å². The number of hydrogen-bond donors (Lipinski definition) is 2. The molecule has 1 rings (SSSR count). The van der Waals surface area contributed by atoms with E-state index in [4.69, 9.17) is 5.73 Å². The lowest BCUT2D eigenvalue weighted by atomic mass is 9.87. The van der Waals surface area contributed by atoms with Gasteiger partial charge in [-0.3, -0.25) is 4.79 Å². The van der Waals surface area contributed by atoms with E-state index in [1.54, 1.807) is 0 Å². The first-order valence-corrected chi connectivity index (χ1v) is 7.57. The van der Waals surface area contributed by atoms with Gasteiger partial charge < -0.3 is 11.1 Å². The molecule has 0 aliphatic heterocycles. The summed E-state index contributed by atoms with van der Waals surface area (Å²) in [7, 11) is 0. The van der Waals surface area contributed by atoms with E-state index in [9.17, 15) is 4.79 Å². The molecule has 0 bridgehead atoms. The molecule has 1 aromatic rings. The second kappa shape index (κ2) is 6.70. The van der Waals surface area contributed by atoms with E-state index in [-0.39, 0.29) is 17.4 Å². The van der Waals surface area contributed by atoms with E-state index in [0.29, 0.717) is 6.42 Å². The standard InChI is InChI=1S/C15H23IN2O/c1-10-7-11(16)5-6-13(10)18-14(19)8-12(17)9-15(2,3)4/h5-7,12H,8-9,17H2,1-4H3,(H,18,19). The van der Waals surface area contributed by atoms with Crippen LogP contribution in [-0.4, -0.2) is 11.9 Å². The van der Waals surface area contributed by atoms with Crippen molar-refractivity contribution in [2.45, 2.75) is 46.6 Å². The van der Waals surface area contributed by atoms with Crippen molar-refractivity contribution in [2.75, 3.05) is 5.32 Å². The fraction of sp³-hybridized carbons (Fsp3) is 0.533. The normalized spacial score (nSPS) is 13.2. The number of halogens is 1. The fourth-order valence-electron chi connectivity index (χ4n) is 2.07. The molecule has 0 aromatic heterocycles. The summed E-state index contributed by atoms with van der Waals surface area (Å²) in [5, 5.41) is 2.93. The average Bonchev–Trinajstić information content (AvgIpc) is 2.19. The predicted octanol–water partition coefficient (Wildman–Crippen LogP) is 3.69. The van der Waals surface area contributed by atoms with Gasteiger partial charge in [0.05, 0.1) is 0 Å². The Bertz CT molecular complexity index is 452. The van der Waals surface area contributed by atoms with Crippen LogP contribution in [0.2, 0.25) is 0 Å². The van der Waals surface area contributed by atoms with E-state index >= 15 is 0 Å². The summed E-state index contributed by atoms with van der Waals surface area (Å²) in [6, 6.07) is 5.87. The van der Waals surface area contributed by atoms with Gasteiger partial charge in [0.25, 0.3) is 0 Å². The molecule has 0 spiro atoms. The maximum atomic E-state index is 12.0. The zero-order valence-corrected chi connectivity index (χ0v) is 14.2. The van der Waals surface area contributed by atoms with Gasteiger partial charge in [-0.1, -0.05) is 20.8 Å². The van der Waals surface area contributed by atoms with Crippen LogP contribution in [0.3, 0.4) is 0 Å². The highest BCUT2D eigenvalue weighted by Crippen LogP contribution is 2.22. The minimum atomic E-state index is -0.0934. The van der Waals surface area contributed by atoms with Gasteiger partial charge in [0, 0.05) is 21.7 Å². The first-order chi connectivity index (χ1) is 8.67. The lowest BCUT2D eigenvalue weighted by Crippen LogP contribution is -2.31. The summed E-state index contributed by atoms with van der Waals surface area (Å²) in [4.78, 5) is 12.0. The number of rotatable bonds is 4. The summed E-state index contributed by atoms with van der Waals surface area (Å²) >= 11 is 2.26. The molecule has 3 nitrogen and oxygen atoms in total. The summed E-state index contributed by atoms with van der Waals surface area (Å²) in [6.07, 6.45) is 1.20. The third-order valence-corrected chi connectivity index (χ3v) is 3.46. The molecule has 0 radical (unpaired) electrons. The highest BCUT2D eigenvalue weighted by molar-refractivity contribution is 14.1. The monoisotopic (exact) mass is 374 g/mol. The number of amides is 1. The van der Waals surface area contributed by atoms with E-state index in [0.717, 1.165) is 21.2 Å². The average molecular weight is 374 g/mol. The predicted molar refractivity (Wildman–Crippen MR) is 89.2 cm³/mol. The second-order valence-electron chi connectivity index (χ2n) is 6.24. The van der Waals surface area contributed by atoms with Crippen molar-refractivity contribution in [1.29, 1.82) is 0 Å². The summed E-state index contributed by atoms with van der Waals surface area (Å²) in [5.41, 5.74) is 8.11. The summed E-state index contributed by atoms with van der Waals surface area (Å²) in [6.45, 7) is 8.39. The molecule has 0 aliphatic rings. The number of benzene rings is 1. The van der Waals surface area contributed by atoms with Gasteiger partial charge in [0.15, 0.2) is 0 Å². The molecule has 0 aliphatic carbocycles. The molecule has 19 heavy (non-hydrogen) atoms. The molecular weight excluding hydrogens is 351 g/mol. The molecule has 1 unspecified atom stereocenters. The van der Waals surface area contributed by atoms with E-state index < -0.39 is 0 Å². The van der Waals surface area contributed by atoms with E-state index in [1.165, 1.54) is 0 Å². The number of nitrogens with two attached hydrogens (primary N) is 1. The number of carbonyl (C=O) groups is 1. The third kappa shape index (κ3) is 6.38. The molecule has 3 N–H and O–H groups in total. The Labute approximate surface area is 129 Å². The maximum Gasteiger partial charge on any atom is 0.225 e. The Balaban J connectivity index is 2.56. The molecule has 4 heteroatoms. The maximum absolute atomic E-state index is 12.0. The van der Waals surface area contributed by atoms with Crippen molar-refractivity contribution in [3.05, 3.63) is 27.3 Å². The van der Waals surface area contributed by atoms with Crippen LogP contribution < -0.4 is 11.1 Å². The van der Waals surface area contributed by atoms with Crippen LogP contribution in [0.1, 0.15) is 39.2 Å². The van der Waals surface area contributed by atoms with Crippen molar-refractivity contribution in [3.63, 3.8) is 0 Å². The number of carbonyl (C=O) groups excluding carboxylic acids is 1. The minimum absolute atomic E-state index is 0.0129. The number of anilines is 1. The van der Waals surface area contributed by atoms with E-state index in [2.05, 4.69) is 48.7 Å². The topological polar surface area (TPSA) is 55.1 Å². The van der Waals surface area contributed by atoms with E-state index in [1.807, 2.05) is 25.1 Å². The first kappa shape index (κ1) is 16.4. The van der Waals surface area contributed by atoms with Crippen molar-refractivity contribution in [2.24, 2.45) is 11.1 Å². The lowest BCUT2D eigenvalue weighted by molar-refractivity contribution is -0.116. The minimum Gasteiger partial charge on any atom is -0.327 e.